The predicted molar refractivity (Wildman–Crippen MR) is 70.5 cm³/mol. The van der Waals surface area contributed by atoms with Crippen molar-refractivity contribution >= 4 is 5.69 Å². The largest absolute Gasteiger partial charge is 0.395 e. The Morgan fingerprint density at radius 3 is 2.88 bits per heavy atom. The molecule has 0 unspecified atom stereocenters. The van der Waals surface area contributed by atoms with Crippen molar-refractivity contribution in [3.63, 3.8) is 0 Å². The number of anilines is 1. The van der Waals surface area contributed by atoms with Crippen LogP contribution in [-0.2, 0) is 11.2 Å². The molecule has 0 bridgehead atoms. The van der Waals surface area contributed by atoms with Crippen molar-refractivity contribution in [1.29, 1.82) is 0 Å². The molecule has 17 heavy (non-hydrogen) atoms. The number of methoxy groups -OCH3 is 1. The molecule has 0 aliphatic rings. The zero-order valence-corrected chi connectivity index (χ0v) is 10.4. The minimum Gasteiger partial charge on any atom is -0.395 e. The van der Waals surface area contributed by atoms with Crippen LogP contribution in [-0.4, -0.2) is 45.1 Å². The van der Waals surface area contributed by atoms with Crippen LogP contribution in [0.1, 0.15) is 5.56 Å². The van der Waals surface area contributed by atoms with Crippen LogP contribution in [0, 0.1) is 0 Å². The summed E-state index contributed by atoms with van der Waals surface area (Å²) >= 11 is 0. The second-order valence-corrected chi connectivity index (χ2v) is 3.84. The predicted octanol–water partition coefficient (Wildman–Crippen LogP) is 0.869. The zero-order valence-electron chi connectivity index (χ0n) is 10.4. The summed E-state index contributed by atoms with van der Waals surface area (Å²) in [4.78, 5) is 0. The van der Waals surface area contributed by atoms with Gasteiger partial charge in [-0.3, -0.25) is 0 Å². The summed E-state index contributed by atoms with van der Waals surface area (Å²) in [6.07, 6.45) is 0.998. The number of hydrogen-bond acceptors (Lipinski definition) is 4. The molecular formula is C13H22N2O2. The van der Waals surface area contributed by atoms with Crippen LogP contribution in [0.25, 0.3) is 0 Å². The van der Waals surface area contributed by atoms with Crippen LogP contribution in [0.15, 0.2) is 24.3 Å². The molecule has 3 N–H and O–H groups in total. The second kappa shape index (κ2) is 8.98. The molecule has 0 spiro atoms. The average Bonchev–Trinajstić information content (AvgIpc) is 2.37. The number of aliphatic hydroxyl groups is 1. The van der Waals surface area contributed by atoms with Crippen LogP contribution in [0.2, 0.25) is 0 Å². The third-order valence-corrected chi connectivity index (χ3v) is 2.44. The summed E-state index contributed by atoms with van der Waals surface area (Å²) in [5, 5.41) is 15.2. The van der Waals surface area contributed by atoms with Crippen LogP contribution in [0.3, 0.4) is 0 Å². The quantitative estimate of drug-likeness (QED) is 0.559. The molecule has 0 saturated heterocycles. The maximum absolute atomic E-state index is 8.74. The highest BCUT2D eigenvalue weighted by Gasteiger charge is 1.95. The van der Waals surface area contributed by atoms with E-state index in [-0.39, 0.29) is 6.61 Å². The first-order chi connectivity index (χ1) is 8.36. The van der Waals surface area contributed by atoms with E-state index < -0.39 is 0 Å². The van der Waals surface area contributed by atoms with Gasteiger partial charge in [0.05, 0.1) is 13.2 Å². The minimum absolute atomic E-state index is 0.156. The molecule has 1 rings (SSSR count). The lowest BCUT2D eigenvalue weighted by Gasteiger charge is -2.08. The molecule has 0 atom stereocenters. The second-order valence-electron chi connectivity index (χ2n) is 3.84. The van der Waals surface area contributed by atoms with Gasteiger partial charge < -0.3 is 20.5 Å². The Morgan fingerprint density at radius 2 is 2.12 bits per heavy atom. The van der Waals surface area contributed by atoms with Gasteiger partial charge in [-0.1, -0.05) is 12.1 Å². The molecule has 1 aromatic carbocycles. The summed E-state index contributed by atoms with van der Waals surface area (Å²) in [5.41, 5.74) is 2.35. The fourth-order valence-corrected chi connectivity index (χ4v) is 1.57. The van der Waals surface area contributed by atoms with Crippen molar-refractivity contribution in [2.45, 2.75) is 6.42 Å². The number of hydrogen-bond donors (Lipinski definition) is 3. The highest BCUT2D eigenvalue weighted by atomic mass is 16.5. The number of aliphatic hydroxyl groups excluding tert-OH is 1. The van der Waals surface area contributed by atoms with Gasteiger partial charge in [0, 0.05) is 25.9 Å². The first-order valence-corrected chi connectivity index (χ1v) is 6.00. The van der Waals surface area contributed by atoms with Crippen LogP contribution in [0.4, 0.5) is 5.69 Å². The van der Waals surface area contributed by atoms with E-state index in [9.17, 15) is 0 Å². The van der Waals surface area contributed by atoms with Gasteiger partial charge in [-0.2, -0.15) is 0 Å². The molecule has 0 radical (unpaired) electrons. The van der Waals surface area contributed by atoms with Crippen molar-refractivity contribution in [3.8, 4) is 0 Å². The molecule has 0 heterocycles. The molecule has 0 saturated carbocycles. The Bertz CT molecular complexity index is 305. The third kappa shape index (κ3) is 6.26. The summed E-state index contributed by atoms with van der Waals surface area (Å²) in [6, 6.07) is 8.28. The van der Waals surface area contributed by atoms with Gasteiger partial charge in [0.25, 0.3) is 0 Å². The Balaban J connectivity index is 2.27. The summed E-state index contributed by atoms with van der Waals surface area (Å²) in [5.74, 6) is 0. The smallest absolute Gasteiger partial charge is 0.0604 e. The van der Waals surface area contributed by atoms with Crippen molar-refractivity contribution in [3.05, 3.63) is 29.8 Å². The Kier molecular flexibility index (Phi) is 7.38. The first kappa shape index (κ1) is 14.0. The van der Waals surface area contributed by atoms with E-state index in [0.717, 1.165) is 31.8 Å². The lowest BCUT2D eigenvalue weighted by Crippen LogP contribution is -2.21. The molecular weight excluding hydrogens is 216 g/mol. The molecule has 0 aromatic heterocycles. The number of ether oxygens (including phenoxy) is 1. The summed E-state index contributed by atoms with van der Waals surface area (Å²) < 4.78 is 4.96. The van der Waals surface area contributed by atoms with E-state index in [0.29, 0.717) is 6.54 Å². The van der Waals surface area contributed by atoms with Gasteiger partial charge in [-0.05, 0) is 30.7 Å². The number of rotatable bonds is 9. The van der Waals surface area contributed by atoms with Gasteiger partial charge in [0.1, 0.15) is 0 Å². The van der Waals surface area contributed by atoms with E-state index in [1.54, 1.807) is 7.11 Å². The van der Waals surface area contributed by atoms with Crippen molar-refractivity contribution in [2.24, 2.45) is 0 Å². The standard InChI is InChI=1S/C13H22N2O2/c1-17-10-8-14-6-5-12-3-2-4-13(11-12)15-7-9-16/h2-4,11,14-16H,5-10H2,1H3. The van der Waals surface area contributed by atoms with Crippen LogP contribution >= 0.6 is 0 Å². The molecule has 0 aliphatic carbocycles. The lowest BCUT2D eigenvalue weighted by atomic mass is 10.1. The Hall–Kier alpha value is -1.10. The maximum Gasteiger partial charge on any atom is 0.0604 e. The molecule has 96 valence electrons. The highest BCUT2D eigenvalue weighted by Crippen LogP contribution is 2.10. The lowest BCUT2D eigenvalue weighted by molar-refractivity contribution is 0.199. The molecule has 1 aromatic rings. The van der Waals surface area contributed by atoms with E-state index in [1.165, 1.54) is 5.56 Å². The fraction of sp³-hybridized carbons (Fsp3) is 0.538. The van der Waals surface area contributed by atoms with Gasteiger partial charge in [-0.15, -0.1) is 0 Å². The third-order valence-electron chi connectivity index (χ3n) is 2.44. The normalized spacial score (nSPS) is 10.5. The fourth-order valence-electron chi connectivity index (χ4n) is 1.57. The summed E-state index contributed by atoms with van der Waals surface area (Å²) in [6.45, 7) is 3.34. The van der Waals surface area contributed by atoms with Crippen molar-refractivity contribution in [2.75, 3.05) is 45.3 Å². The Morgan fingerprint density at radius 1 is 1.24 bits per heavy atom. The minimum atomic E-state index is 0.156. The molecule has 0 aliphatic heterocycles. The molecule has 4 heteroatoms. The van der Waals surface area contributed by atoms with E-state index >= 15 is 0 Å². The van der Waals surface area contributed by atoms with Crippen molar-refractivity contribution in [1.82, 2.24) is 5.32 Å². The Labute approximate surface area is 103 Å². The highest BCUT2D eigenvalue weighted by molar-refractivity contribution is 5.45. The molecule has 4 nitrogen and oxygen atoms in total. The number of benzene rings is 1. The van der Waals surface area contributed by atoms with E-state index in [4.69, 9.17) is 9.84 Å². The average molecular weight is 238 g/mol. The molecule has 0 fully saturated rings. The van der Waals surface area contributed by atoms with Crippen LogP contribution in [0.5, 0.6) is 0 Å². The topological polar surface area (TPSA) is 53.5 Å². The maximum atomic E-state index is 8.74. The summed E-state index contributed by atoms with van der Waals surface area (Å²) in [7, 11) is 1.71. The van der Waals surface area contributed by atoms with Crippen molar-refractivity contribution < 1.29 is 9.84 Å². The first-order valence-electron chi connectivity index (χ1n) is 6.00. The molecule has 0 amide bonds. The van der Waals surface area contributed by atoms with Gasteiger partial charge in [-0.25, -0.2) is 0 Å². The van der Waals surface area contributed by atoms with E-state index in [2.05, 4.69) is 22.8 Å². The van der Waals surface area contributed by atoms with Crippen LogP contribution < -0.4 is 10.6 Å². The monoisotopic (exact) mass is 238 g/mol. The van der Waals surface area contributed by atoms with Gasteiger partial charge in [0.2, 0.25) is 0 Å². The van der Waals surface area contributed by atoms with Gasteiger partial charge >= 0.3 is 0 Å². The zero-order chi connectivity index (χ0) is 12.3. The number of nitrogens with one attached hydrogen (secondary N) is 2. The SMILES string of the molecule is COCCNCCc1cccc(NCCO)c1. The van der Waals surface area contributed by atoms with E-state index in [1.807, 2.05) is 12.1 Å². The van der Waals surface area contributed by atoms with Gasteiger partial charge in [0.15, 0.2) is 0 Å².